The number of aliphatic hydroxyl groups excluding tert-OH is 1. The van der Waals surface area contributed by atoms with E-state index in [1.54, 1.807) is 18.3 Å². The second-order valence-electron chi connectivity index (χ2n) is 4.97. The maximum absolute atomic E-state index is 12.0. The molecule has 1 aromatic heterocycles. The molecule has 1 heterocycles. The molecule has 92 valence electrons. The Bertz CT molecular complexity index is 448. The molecule has 2 N–H and O–H groups in total. The highest BCUT2D eigenvalue weighted by molar-refractivity contribution is 9.10. The highest BCUT2D eigenvalue weighted by atomic mass is 79.9. The summed E-state index contributed by atoms with van der Waals surface area (Å²) in [6.07, 6.45) is 1.86. The fourth-order valence-electron chi connectivity index (χ4n) is 1.93. The minimum Gasteiger partial charge on any atom is -0.392 e. The minimum atomic E-state index is -0.336. The van der Waals surface area contributed by atoms with Crippen LogP contribution < -0.4 is 5.32 Å². The molecule has 2 atom stereocenters. The molecule has 0 saturated heterocycles. The van der Waals surface area contributed by atoms with Crippen molar-refractivity contribution in [3.8, 4) is 0 Å². The zero-order valence-corrected chi connectivity index (χ0v) is 11.4. The second-order valence-corrected chi connectivity index (χ2v) is 5.78. The number of hydrogen-bond donors (Lipinski definition) is 2. The van der Waals surface area contributed by atoms with Gasteiger partial charge in [0.25, 0.3) is 5.91 Å². The van der Waals surface area contributed by atoms with Crippen LogP contribution in [-0.2, 0) is 0 Å². The van der Waals surface area contributed by atoms with Crippen LogP contribution in [0.5, 0.6) is 0 Å². The molecule has 5 heteroatoms. The Labute approximate surface area is 109 Å². The average molecular weight is 299 g/mol. The Morgan fingerprint density at radius 3 is 2.88 bits per heavy atom. The van der Waals surface area contributed by atoms with Gasteiger partial charge in [0.2, 0.25) is 0 Å². The number of halogens is 1. The molecular weight excluding hydrogens is 284 g/mol. The van der Waals surface area contributed by atoms with Crippen LogP contribution in [0, 0.1) is 5.41 Å². The van der Waals surface area contributed by atoms with Crippen molar-refractivity contribution in [2.24, 2.45) is 5.41 Å². The van der Waals surface area contributed by atoms with Gasteiger partial charge in [-0.25, -0.2) is 4.98 Å². The first-order valence-electron chi connectivity index (χ1n) is 5.51. The van der Waals surface area contributed by atoms with Crippen LogP contribution in [-0.4, -0.2) is 28.1 Å². The van der Waals surface area contributed by atoms with Crippen LogP contribution in [0.3, 0.4) is 0 Å². The lowest BCUT2D eigenvalue weighted by atomic mass is 9.64. The number of aliphatic hydroxyl groups is 1. The number of carbonyl (C=O) groups excluding carboxylic acids is 1. The largest absolute Gasteiger partial charge is 0.392 e. The van der Waals surface area contributed by atoms with E-state index in [0.29, 0.717) is 16.6 Å². The molecule has 0 bridgehead atoms. The maximum atomic E-state index is 12.0. The van der Waals surface area contributed by atoms with Gasteiger partial charge < -0.3 is 10.4 Å². The molecule has 1 amide bonds. The lowest BCUT2D eigenvalue weighted by Crippen LogP contribution is -2.61. The number of carbonyl (C=O) groups is 1. The summed E-state index contributed by atoms with van der Waals surface area (Å²) in [5.74, 6) is -0.127. The molecule has 0 radical (unpaired) electrons. The lowest BCUT2D eigenvalue weighted by molar-refractivity contribution is -0.0689. The number of rotatable bonds is 2. The van der Waals surface area contributed by atoms with Crippen molar-refractivity contribution >= 4 is 21.8 Å². The third-order valence-corrected chi connectivity index (χ3v) is 3.94. The maximum Gasteiger partial charge on any atom is 0.251 e. The predicted octanol–water partition coefficient (Wildman–Crippen LogP) is 1.73. The molecule has 17 heavy (non-hydrogen) atoms. The van der Waals surface area contributed by atoms with Crippen molar-refractivity contribution in [3.63, 3.8) is 0 Å². The lowest BCUT2D eigenvalue weighted by Gasteiger charge is -2.49. The number of aromatic nitrogens is 1. The van der Waals surface area contributed by atoms with Crippen molar-refractivity contribution in [2.45, 2.75) is 32.4 Å². The molecule has 0 spiro atoms. The monoisotopic (exact) mass is 298 g/mol. The Balaban J connectivity index is 2.04. The summed E-state index contributed by atoms with van der Waals surface area (Å²) in [6.45, 7) is 3.91. The average Bonchev–Trinajstić information content (AvgIpc) is 2.28. The summed E-state index contributed by atoms with van der Waals surface area (Å²) in [7, 11) is 0. The van der Waals surface area contributed by atoms with E-state index in [1.165, 1.54) is 0 Å². The van der Waals surface area contributed by atoms with Crippen LogP contribution in [0.2, 0.25) is 0 Å². The first kappa shape index (κ1) is 12.5. The van der Waals surface area contributed by atoms with Gasteiger partial charge >= 0.3 is 0 Å². The zero-order chi connectivity index (χ0) is 12.6. The van der Waals surface area contributed by atoms with Gasteiger partial charge in [-0.05, 0) is 34.5 Å². The highest BCUT2D eigenvalue weighted by Gasteiger charge is 2.47. The van der Waals surface area contributed by atoms with Crippen molar-refractivity contribution in [3.05, 3.63) is 28.5 Å². The Kier molecular flexibility index (Phi) is 3.23. The predicted molar refractivity (Wildman–Crippen MR) is 67.6 cm³/mol. The molecule has 1 aliphatic carbocycles. The third kappa shape index (κ3) is 2.35. The van der Waals surface area contributed by atoms with E-state index in [9.17, 15) is 9.90 Å². The summed E-state index contributed by atoms with van der Waals surface area (Å²) in [6, 6.07) is 3.37. The van der Waals surface area contributed by atoms with Gasteiger partial charge in [0.15, 0.2) is 0 Å². The van der Waals surface area contributed by atoms with Crippen molar-refractivity contribution < 1.29 is 9.90 Å². The molecule has 0 aromatic carbocycles. The Hall–Kier alpha value is -0.940. The number of nitrogens with one attached hydrogen (secondary N) is 1. The molecule has 2 unspecified atom stereocenters. The molecule has 1 fully saturated rings. The molecule has 4 nitrogen and oxygen atoms in total. The summed E-state index contributed by atoms with van der Waals surface area (Å²) >= 11 is 3.23. The van der Waals surface area contributed by atoms with E-state index in [4.69, 9.17) is 0 Å². The van der Waals surface area contributed by atoms with Crippen LogP contribution >= 0.6 is 15.9 Å². The van der Waals surface area contributed by atoms with Crippen LogP contribution in [0.25, 0.3) is 0 Å². The topological polar surface area (TPSA) is 62.2 Å². The highest BCUT2D eigenvalue weighted by Crippen LogP contribution is 2.40. The zero-order valence-electron chi connectivity index (χ0n) is 9.77. The molecule has 1 aromatic rings. The number of pyridine rings is 1. The fourth-order valence-corrected chi connectivity index (χ4v) is 2.30. The van der Waals surface area contributed by atoms with E-state index in [2.05, 4.69) is 26.2 Å². The summed E-state index contributed by atoms with van der Waals surface area (Å²) in [4.78, 5) is 15.9. The van der Waals surface area contributed by atoms with Crippen LogP contribution in [0.15, 0.2) is 22.9 Å². The normalized spacial score (nSPS) is 26.1. The van der Waals surface area contributed by atoms with Gasteiger partial charge in [0.05, 0.1) is 6.10 Å². The van der Waals surface area contributed by atoms with Gasteiger partial charge in [0, 0.05) is 23.2 Å². The Morgan fingerprint density at radius 1 is 1.65 bits per heavy atom. The number of nitrogens with zero attached hydrogens (tertiary/aromatic N) is 1. The third-order valence-electron chi connectivity index (χ3n) is 3.51. The van der Waals surface area contributed by atoms with E-state index < -0.39 is 0 Å². The molecule has 1 saturated carbocycles. The fraction of sp³-hybridized carbons (Fsp3) is 0.500. The van der Waals surface area contributed by atoms with E-state index in [-0.39, 0.29) is 23.5 Å². The molecule has 0 aliphatic heterocycles. The first-order chi connectivity index (χ1) is 7.91. The van der Waals surface area contributed by atoms with Crippen molar-refractivity contribution in [1.82, 2.24) is 10.3 Å². The first-order valence-corrected chi connectivity index (χ1v) is 6.31. The van der Waals surface area contributed by atoms with E-state index in [1.807, 2.05) is 13.8 Å². The summed E-state index contributed by atoms with van der Waals surface area (Å²) < 4.78 is 0.637. The van der Waals surface area contributed by atoms with E-state index in [0.717, 1.165) is 0 Å². The standard InChI is InChI=1S/C12H15BrN2O2/c1-12(2)8(6-9(12)16)15-11(17)7-3-4-14-10(13)5-7/h3-5,8-9,16H,6H2,1-2H3,(H,15,17). The van der Waals surface area contributed by atoms with Gasteiger partial charge in [0.1, 0.15) is 4.60 Å². The summed E-state index contributed by atoms with van der Waals surface area (Å²) in [5.41, 5.74) is 0.323. The van der Waals surface area contributed by atoms with Gasteiger partial charge in [-0.1, -0.05) is 13.8 Å². The van der Waals surface area contributed by atoms with Gasteiger partial charge in [-0.3, -0.25) is 4.79 Å². The smallest absolute Gasteiger partial charge is 0.251 e. The van der Waals surface area contributed by atoms with Crippen molar-refractivity contribution in [1.29, 1.82) is 0 Å². The van der Waals surface area contributed by atoms with E-state index >= 15 is 0 Å². The quantitative estimate of drug-likeness (QED) is 0.818. The number of amides is 1. The molecular formula is C12H15BrN2O2. The SMILES string of the molecule is CC1(C)C(O)CC1NC(=O)c1ccnc(Br)c1. The minimum absolute atomic E-state index is 0.0249. The molecule has 2 rings (SSSR count). The van der Waals surface area contributed by atoms with Crippen molar-refractivity contribution in [2.75, 3.05) is 0 Å². The van der Waals surface area contributed by atoms with Gasteiger partial charge in [-0.15, -0.1) is 0 Å². The van der Waals surface area contributed by atoms with Gasteiger partial charge in [-0.2, -0.15) is 0 Å². The number of hydrogen-bond acceptors (Lipinski definition) is 3. The summed E-state index contributed by atoms with van der Waals surface area (Å²) in [5, 5.41) is 12.5. The van der Waals surface area contributed by atoms with Crippen LogP contribution in [0.4, 0.5) is 0 Å². The van der Waals surface area contributed by atoms with Crippen LogP contribution in [0.1, 0.15) is 30.6 Å². The second kappa shape index (κ2) is 4.38. The Morgan fingerprint density at radius 2 is 2.35 bits per heavy atom. The molecule has 1 aliphatic rings.